The minimum atomic E-state index is 0.0373. The lowest BCUT2D eigenvalue weighted by Gasteiger charge is -2.15. The number of aryl methyl sites for hydroxylation is 1. The third-order valence-electron chi connectivity index (χ3n) is 2.93. The molecule has 0 aliphatic rings. The van der Waals surface area contributed by atoms with E-state index in [9.17, 15) is 0 Å². The van der Waals surface area contributed by atoms with Crippen LogP contribution in [0, 0.1) is 6.92 Å². The number of hydrogen-bond donors (Lipinski definition) is 1. The monoisotopic (exact) mass is 279 g/mol. The van der Waals surface area contributed by atoms with Crippen LogP contribution in [0.4, 0.5) is 5.82 Å². The zero-order valence-electron chi connectivity index (χ0n) is 11.4. The molecule has 0 amide bonds. The summed E-state index contributed by atoms with van der Waals surface area (Å²) in [5.74, 6) is 2.57. The van der Waals surface area contributed by atoms with E-state index >= 15 is 0 Å². The Morgan fingerprint density at radius 3 is 2.79 bits per heavy atom. The van der Waals surface area contributed by atoms with Gasteiger partial charge in [0, 0.05) is 5.56 Å². The van der Waals surface area contributed by atoms with Crippen molar-refractivity contribution in [3.8, 4) is 0 Å². The zero-order valence-corrected chi connectivity index (χ0v) is 12.2. The number of anilines is 1. The summed E-state index contributed by atoms with van der Waals surface area (Å²) in [6, 6.07) is 3.96. The molecular weight excluding hydrogens is 262 g/mol. The summed E-state index contributed by atoms with van der Waals surface area (Å²) in [6.07, 6.45) is 3.33. The van der Waals surface area contributed by atoms with E-state index in [1.807, 2.05) is 26.0 Å². The second-order valence-corrected chi connectivity index (χ2v) is 4.91. The smallest absolute Gasteiger partial charge is 0.137 e. The highest BCUT2D eigenvalue weighted by Gasteiger charge is 2.14. The van der Waals surface area contributed by atoms with Gasteiger partial charge in [-0.3, -0.25) is 0 Å². The Bertz CT molecular complexity index is 553. The van der Waals surface area contributed by atoms with Gasteiger partial charge >= 0.3 is 0 Å². The molecule has 4 nitrogen and oxygen atoms in total. The van der Waals surface area contributed by atoms with Crippen LogP contribution in [-0.4, -0.2) is 9.97 Å². The van der Waals surface area contributed by atoms with Crippen molar-refractivity contribution in [2.75, 3.05) is 5.32 Å². The Morgan fingerprint density at radius 1 is 1.37 bits per heavy atom. The lowest BCUT2D eigenvalue weighted by atomic mass is 10.1. The molecule has 0 bridgehead atoms. The van der Waals surface area contributed by atoms with Gasteiger partial charge in [-0.1, -0.05) is 24.9 Å². The summed E-state index contributed by atoms with van der Waals surface area (Å²) in [4.78, 5) is 8.32. The van der Waals surface area contributed by atoms with E-state index in [4.69, 9.17) is 16.0 Å². The van der Waals surface area contributed by atoms with Crippen LogP contribution in [0.2, 0.25) is 5.15 Å². The minimum Gasteiger partial charge on any atom is -0.464 e. The maximum absolute atomic E-state index is 6.13. The molecule has 0 aliphatic heterocycles. The Morgan fingerprint density at radius 2 is 2.16 bits per heavy atom. The maximum Gasteiger partial charge on any atom is 0.137 e. The number of furan rings is 1. The molecular formula is C14H18ClN3O. The highest BCUT2D eigenvalue weighted by molar-refractivity contribution is 6.30. The molecule has 1 N–H and O–H groups in total. The van der Waals surface area contributed by atoms with Crippen LogP contribution in [-0.2, 0) is 6.42 Å². The van der Waals surface area contributed by atoms with E-state index in [1.54, 1.807) is 0 Å². The molecule has 1 atom stereocenters. The highest BCUT2D eigenvalue weighted by Crippen LogP contribution is 2.26. The molecule has 19 heavy (non-hydrogen) atoms. The topological polar surface area (TPSA) is 51.0 Å². The van der Waals surface area contributed by atoms with E-state index in [0.717, 1.165) is 35.7 Å². The quantitative estimate of drug-likeness (QED) is 0.835. The van der Waals surface area contributed by atoms with Gasteiger partial charge in [-0.2, -0.15) is 0 Å². The van der Waals surface area contributed by atoms with Gasteiger partial charge in [-0.15, -0.1) is 0 Å². The summed E-state index contributed by atoms with van der Waals surface area (Å²) in [5, 5.41) is 3.85. The van der Waals surface area contributed by atoms with E-state index in [1.165, 1.54) is 6.33 Å². The van der Waals surface area contributed by atoms with Crippen molar-refractivity contribution in [1.82, 2.24) is 9.97 Å². The normalized spacial score (nSPS) is 12.4. The van der Waals surface area contributed by atoms with E-state index in [2.05, 4.69) is 22.2 Å². The van der Waals surface area contributed by atoms with Gasteiger partial charge in [0.1, 0.15) is 28.8 Å². The molecule has 0 aromatic carbocycles. The first-order chi connectivity index (χ1) is 9.11. The summed E-state index contributed by atoms with van der Waals surface area (Å²) in [5.41, 5.74) is 0.960. The predicted molar refractivity (Wildman–Crippen MR) is 76.5 cm³/mol. The van der Waals surface area contributed by atoms with E-state index in [0.29, 0.717) is 5.15 Å². The first-order valence-corrected chi connectivity index (χ1v) is 6.81. The second-order valence-electron chi connectivity index (χ2n) is 4.56. The number of aromatic nitrogens is 2. The molecule has 2 heterocycles. The van der Waals surface area contributed by atoms with E-state index < -0.39 is 0 Å². The van der Waals surface area contributed by atoms with Gasteiger partial charge in [0.25, 0.3) is 0 Å². The van der Waals surface area contributed by atoms with Crippen LogP contribution in [0.25, 0.3) is 0 Å². The Kier molecular flexibility index (Phi) is 4.43. The fourth-order valence-corrected chi connectivity index (χ4v) is 2.18. The summed E-state index contributed by atoms with van der Waals surface area (Å²) in [7, 11) is 0. The van der Waals surface area contributed by atoms with Crippen molar-refractivity contribution < 1.29 is 4.42 Å². The maximum atomic E-state index is 6.13. The number of hydrogen-bond acceptors (Lipinski definition) is 4. The van der Waals surface area contributed by atoms with Gasteiger partial charge in [-0.25, -0.2) is 9.97 Å². The first kappa shape index (κ1) is 13.9. The van der Waals surface area contributed by atoms with Gasteiger partial charge in [0.05, 0.1) is 6.04 Å². The molecule has 102 valence electrons. The fourth-order valence-electron chi connectivity index (χ4n) is 1.95. The number of rotatable bonds is 5. The van der Waals surface area contributed by atoms with Gasteiger partial charge in [0.2, 0.25) is 0 Å². The molecule has 5 heteroatoms. The molecule has 0 saturated carbocycles. The SMILES string of the molecule is CCCc1c(Cl)ncnc1NC(C)c1ccc(C)o1. The molecule has 2 aromatic heterocycles. The average molecular weight is 280 g/mol. The molecule has 2 aromatic rings. The lowest BCUT2D eigenvalue weighted by Crippen LogP contribution is -2.10. The van der Waals surface area contributed by atoms with Crippen LogP contribution in [0.15, 0.2) is 22.9 Å². The van der Waals surface area contributed by atoms with Crippen molar-refractivity contribution in [3.05, 3.63) is 40.7 Å². The fraction of sp³-hybridized carbons (Fsp3) is 0.429. The van der Waals surface area contributed by atoms with Crippen molar-refractivity contribution in [1.29, 1.82) is 0 Å². The minimum absolute atomic E-state index is 0.0373. The standard InChI is InChI=1S/C14H18ClN3O/c1-4-5-11-13(15)16-8-17-14(11)18-10(3)12-7-6-9(2)19-12/h6-8,10H,4-5H2,1-3H3,(H,16,17,18). The third kappa shape index (κ3) is 3.26. The van der Waals surface area contributed by atoms with Crippen LogP contribution >= 0.6 is 11.6 Å². The van der Waals surface area contributed by atoms with Crippen LogP contribution in [0.3, 0.4) is 0 Å². The molecule has 2 rings (SSSR count). The number of nitrogens with one attached hydrogen (secondary N) is 1. The predicted octanol–water partition coefficient (Wildman–Crippen LogP) is 4.16. The molecule has 0 spiro atoms. The Hall–Kier alpha value is -1.55. The zero-order chi connectivity index (χ0) is 13.8. The third-order valence-corrected chi connectivity index (χ3v) is 3.26. The lowest BCUT2D eigenvalue weighted by molar-refractivity contribution is 0.466. The highest BCUT2D eigenvalue weighted by atomic mass is 35.5. The number of nitrogens with zero attached hydrogens (tertiary/aromatic N) is 2. The van der Waals surface area contributed by atoms with Gasteiger partial charge < -0.3 is 9.73 Å². The molecule has 0 aliphatic carbocycles. The molecule has 0 radical (unpaired) electrons. The second kappa shape index (κ2) is 6.06. The van der Waals surface area contributed by atoms with Gasteiger partial charge in [0.15, 0.2) is 0 Å². The molecule has 0 saturated heterocycles. The van der Waals surface area contributed by atoms with Crippen molar-refractivity contribution in [2.24, 2.45) is 0 Å². The van der Waals surface area contributed by atoms with Crippen molar-refractivity contribution >= 4 is 17.4 Å². The van der Waals surface area contributed by atoms with E-state index in [-0.39, 0.29) is 6.04 Å². The van der Waals surface area contributed by atoms with Crippen LogP contribution in [0.5, 0.6) is 0 Å². The summed E-state index contributed by atoms with van der Waals surface area (Å²) in [6.45, 7) is 6.07. The van der Waals surface area contributed by atoms with Crippen molar-refractivity contribution in [3.63, 3.8) is 0 Å². The summed E-state index contributed by atoms with van der Waals surface area (Å²) >= 11 is 6.13. The largest absolute Gasteiger partial charge is 0.464 e. The average Bonchev–Trinajstić information content (AvgIpc) is 2.80. The Balaban J connectivity index is 2.21. The molecule has 0 fully saturated rings. The van der Waals surface area contributed by atoms with Crippen molar-refractivity contribution in [2.45, 2.75) is 39.7 Å². The van der Waals surface area contributed by atoms with Gasteiger partial charge in [-0.05, 0) is 32.4 Å². The summed E-state index contributed by atoms with van der Waals surface area (Å²) < 4.78 is 5.61. The van der Waals surface area contributed by atoms with Crippen LogP contribution in [0.1, 0.15) is 43.4 Å². The Labute approximate surface area is 118 Å². The molecule has 1 unspecified atom stereocenters. The van der Waals surface area contributed by atoms with Crippen LogP contribution < -0.4 is 5.32 Å². The first-order valence-electron chi connectivity index (χ1n) is 6.44. The number of halogens is 1.